The minimum absolute atomic E-state index is 0.00434. The average molecular weight is 1460 g/mol. The molecule has 14 aromatic rings. The maximum absolute atomic E-state index is 8.97. The molecule has 3 heteroatoms. The Morgan fingerprint density at radius 2 is 0.538 bits per heavy atom. The highest BCUT2D eigenvalue weighted by Crippen LogP contribution is 2.52. The highest BCUT2D eigenvalue weighted by Gasteiger charge is 2.31. The molecular formula is C103H118S3. The minimum atomic E-state index is -0.311. The van der Waals surface area contributed by atoms with Gasteiger partial charge in [0.15, 0.2) is 0 Å². The van der Waals surface area contributed by atoms with Gasteiger partial charge >= 0.3 is 0 Å². The number of hydrogen-bond acceptors (Lipinski definition) is 3. The lowest BCUT2D eigenvalue weighted by atomic mass is 9.77. The van der Waals surface area contributed by atoms with E-state index in [0.29, 0.717) is 11.1 Å². The van der Waals surface area contributed by atoms with E-state index in [1.807, 2.05) is 28.7 Å². The Labute approximate surface area is 655 Å². The molecule has 0 nitrogen and oxygen atoms in total. The maximum Gasteiger partial charge on any atom is 0.0632 e. The molecule has 0 fully saturated rings. The van der Waals surface area contributed by atoms with Crippen LogP contribution in [-0.2, 0) is 48.7 Å². The zero-order chi connectivity index (χ0) is 80.6. The molecule has 0 spiro atoms. The van der Waals surface area contributed by atoms with Crippen molar-refractivity contribution < 1.29 is 5.48 Å². The summed E-state index contributed by atoms with van der Waals surface area (Å²) < 4.78 is 42.5. The third-order valence-electron chi connectivity index (χ3n) is 21.2. The highest BCUT2D eigenvalue weighted by molar-refractivity contribution is 7.26. The third kappa shape index (κ3) is 15.9. The number of thiophene rings is 3. The van der Waals surface area contributed by atoms with Crippen molar-refractivity contribution in [3.63, 3.8) is 0 Å². The molecule has 11 aromatic carbocycles. The molecule has 0 aliphatic heterocycles. The van der Waals surface area contributed by atoms with Gasteiger partial charge < -0.3 is 0 Å². The lowest BCUT2D eigenvalue weighted by molar-refractivity contribution is 0.568. The van der Waals surface area contributed by atoms with E-state index in [-0.39, 0.29) is 72.9 Å². The first kappa shape index (κ1) is 72.3. The summed E-state index contributed by atoms with van der Waals surface area (Å²) in [6.07, 6.45) is 0. The molecule has 0 saturated carbocycles. The van der Waals surface area contributed by atoms with Crippen LogP contribution < -0.4 is 0 Å². The molecule has 106 heavy (non-hydrogen) atoms. The SMILES string of the molecule is CC(C)(C)c1cc(-c2cccc3sc4ccc(-c5ccccc5)c(C(C)(C)C)c4c23)cc(C(C)(C)C)c1.CC(C)(C)c1cc(-c2cccc3sc4cccc(C(C)(C)C)c4c23)cc(C(C)(C)C)c1.[2H]c1c([2H])c(C)c([2H])c(-c2ccc3sc4cccc(-c5cc(C(C)(C)C)cc(C(C)(C)C)c5)c4c3c2C(C)(C)C)c1[2H]. The Bertz CT molecular complexity index is 5750. The first-order valence-corrected chi connectivity index (χ1v) is 40.8. The van der Waals surface area contributed by atoms with Gasteiger partial charge in [-0.3, -0.25) is 0 Å². The van der Waals surface area contributed by atoms with Crippen LogP contribution in [0.4, 0.5) is 0 Å². The lowest BCUT2D eigenvalue weighted by Crippen LogP contribution is -2.16. The van der Waals surface area contributed by atoms with Gasteiger partial charge in [0, 0.05) is 60.5 Å². The van der Waals surface area contributed by atoms with Crippen molar-refractivity contribution in [2.24, 2.45) is 0 Å². The monoisotopic (exact) mass is 1450 g/mol. The Morgan fingerprint density at radius 1 is 0.236 bits per heavy atom. The van der Waals surface area contributed by atoms with E-state index in [1.54, 1.807) is 18.3 Å². The molecule has 14 rings (SSSR count). The predicted octanol–water partition coefficient (Wildman–Crippen LogP) is 32.5. The van der Waals surface area contributed by atoms with E-state index in [1.165, 1.54) is 144 Å². The van der Waals surface area contributed by atoms with Gasteiger partial charge in [-0.25, -0.2) is 0 Å². The van der Waals surface area contributed by atoms with Crippen LogP contribution in [0.5, 0.6) is 0 Å². The summed E-state index contributed by atoms with van der Waals surface area (Å²) in [6, 6.07) is 68.4. The lowest BCUT2D eigenvalue weighted by Gasteiger charge is -2.27. The van der Waals surface area contributed by atoms with Crippen LogP contribution >= 0.6 is 34.0 Å². The number of rotatable bonds is 5. The summed E-state index contributed by atoms with van der Waals surface area (Å²) in [5, 5.41) is 8.03. The summed E-state index contributed by atoms with van der Waals surface area (Å²) in [5.41, 5.74) is 24.4. The second kappa shape index (κ2) is 27.9. The zero-order valence-corrected chi connectivity index (χ0v) is 71.5. The second-order valence-electron chi connectivity index (χ2n) is 39.3. The van der Waals surface area contributed by atoms with Gasteiger partial charge in [-0.2, -0.15) is 0 Å². The van der Waals surface area contributed by atoms with E-state index >= 15 is 0 Å². The quantitative estimate of drug-likeness (QED) is 0.161. The second-order valence-corrected chi connectivity index (χ2v) is 42.5. The van der Waals surface area contributed by atoms with Crippen molar-refractivity contribution in [3.8, 4) is 55.6 Å². The maximum atomic E-state index is 8.97. The van der Waals surface area contributed by atoms with E-state index in [0.717, 1.165) is 16.5 Å². The molecular weight excluding hydrogens is 1330 g/mol. The summed E-state index contributed by atoms with van der Waals surface area (Å²) in [7, 11) is 0. The molecule has 3 heterocycles. The van der Waals surface area contributed by atoms with Crippen molar-refractivity contribution in [3.05, 3.63) is 262 Å². The minimum Gasteiger partial charge on any atom is -0.135 e. The largest absolute Gasteiger partial charge is 0.135 e. The van der Waals surface area contributed by atoms with E-state index in [4.69, 9.17) is 5.48 Å². The average Bonchev–Trinajstić information content (AvgIpc) is 1.44. The van der Waals surface area contributed by atoms with Gasteiger partial charge in [0.05, 0.1) is 5.48 Å². The zero-order valence-electron chi connectivity index (χ0n) is 73.0. The van der Waals surface area contributed by atoms with Gasteiger partial charge in [0.25, 0.3) is 0 Å². The molecule has 0 radical (unpaired) electrons. The van der Waals surface area contributed by atoms with E-state index < -0.39 is 0 Å². The van der Waals surface area contributed by atoms with Crippen LogP contribution in [0.3, 0.4) is 0 Å². The van der Waals surface area contributed by atoms with Crippen molar-refractivity contribution in [2.75, 3.05) is 0 Å². The first-order valence-electron chi connectivity index (χ1n) is 40.4. The molecule has 0 amide bonds. The van der Waals surface area contributed by atoms with E-state index in [9.17, 15) is 0 Å². The number of fused-ring (bicyclic) bond motifs is 9. The normalized spacial score (nSPS) is 13.6. The fraction of sp³-hybridized carbons (Fsp3) is 0.359. The summed E-state index contributed by atoms with van der Waals surface area (Å²) >= 11 is 5.62. The van der Waals surface area contributed by atoms with Gasteiger partial charge in [-0.05, 0) is 198 Å². The molecule has 0 saturated heterocycles. The van der Waals surface area contributed by atoms with Gasteiger partial charge in [0.2, 0.25) is 0 Å². The standard InChI is InChI=1S/C37H42S.C36H40S.C30H36S/c1-23-13-11-14-24(19-23)29-17-18-31-33(34(29)37(8,9)10)32-28(15-12-16-30(32)38-31)25-20-26(35(2,3)4)22-27(21-25)36(5,6)7;1-34(2,3)25-20-24(21-26(22-25)35(4,5)6)27-16-13-17-29-31(27)32-30(37-29)19-18-28(33(32)36(7,8)9)23-14-11-10-12-15-23;1-28(2,3)20-16-19(17-21(18-20)29(4,5)6)22-12-10-14-24-26(22)27-23(30(7,8)9)13-11-15-25(27)31-24/h11-22H,1-10H3;10-22H,1-9H3;10-18H,1-9H3/i11D,13D,14D,19D;;. The molecule has 0 aliphatic carbocycles. The van der Waals surface area contributed by atoms with Crippen LogP contribution in [0.2, 0.25) is 0 Å². The van der Waals surface area contributed by atoms with Crippen LogP contribution in [0, 0.1) is 6.92 Å². The summed E-state index contributed by atoms with van der Waals surface area (Å²) in [4.78, 5) is 0. The summed E-state index contributed by atoms with van der Waals surface area (Å²) in [6.45, 7) is 63.8. The van der Waals surface area contributed by atoms with Gasteiger partial charge in [0.1, 0.15) is 0 Å². The first-order chi connectivity index (χ1) is 50.8. The highest BCUT2D eigenvalue weighted by atomic mass is 32.1. The Hall–Kier alpha value is -7.92. The fourth-order valence-electron chi connectivity index (χ4n) is 15.2. The van der Waals surface area contributed by atoms with Crippen LogP contribution in [0.15, 0.2) is 206 Å². The molecule has 0 N–H and O–H groups in total. The predicted molar refractivity (Wildman–Crippen MR) is 478 cm³/mol. The molecule has 0 unspecified atom stereocenters. The van der Waals surface area contributed by atoms with Crippen molar-refractivity contribution in [1.82, 2.24) is 0 Å². The topological polar surface area (TPSA) is 0 Å². The molecule has 0 atom stereocenters. The third-order valence-corrected chi connectivity index (χ3v) is 24.5. The van der Waals surface area contributed by atoms with Crippen molar-refractivity contribution >= 4 is 94.5 Å². The Morgan fingerprint density at radius 3 is 0.858 bits per heavy atom. The van der Waals surface area contributed by atoms with Crippen LogP contribution in [0.25, 0.3) is 116 Å². The Kier molecular flexibility index (Phi) is 19.1. The smallest absolute Gasteiger partial charge is 0.0632 e. The fourth-order valence-corrected chi connectivity index (χ4v) is 18.6. The Balaban J connectivity index is 0.000000155. The number of hydrogen-bond donors (Lipinski definition) is 0. The molecule has 0 aliphatic rings. The summed E-state index contributed by atoms with van der Waals surface area (Å²) in [5.74, 6) is 0. The van der Waals surface area contributed by atoms with Crippen molar-refractivity contribution in [1.29, 1.82) is 0 Å². The van der Waals surface area contributed by atoms with Gasteiger partial charge in [-0.1, -0.05) is 362 Å². The van der Waals surface area contributed by atoms with E-state index in [2.05, 4.69) is 363 Å². The molecule has 0 bridgehead atoms. The number of benzene rings is 11. The molecule has 548 valence electrons. The molecule has 3 aromatic heterocycles. The van der Waals surface area contributed by atoms with Gasteiger partial charge in [-0.15, -0.1) is 34.0 Å². The van der Waals surface area contributed by atoms with Crippen molar-refractivity contribution in [2.45, 2.75) is 243 Å². The van der Waals surface area contributed by atoms with Crippen LogP contribution in [-0.4, -0.2) is 0 Å². The van der Waals surface area contributed by atoms with Crippen LogP contribution in [0.1, 0.15) is 248 Å².